The first-order valence-corrected chi connectivity index (χ1v) is 11.6. The summed E-state index contributed by atoms with van der Waals surface area (Å²) in [6.07, 6.45) is 0. The van der Waals surface area contributed by atoms with E-state index < -0.39 is 17.8 Å². The van der Waals surface area contributed by atoms with Gasteiger partial charge in [-0.2, -0.15) is 0 Å². The SMILES string of the molecule is COCCNC(=O)[C@@H](c1ccc(F)cc1)N(C(=O)Cn1nnc2ccccc21)c1cc(C)cc(C)c1. The Labute approximate surface area is 208 Å². The van der Waals surface area contributed by atoms with Crippen molar-refractivity contribution in [1.29, 1.82) is 0 Å². The first-order valence-electron chi connectivity index (χ1n) is 11.6. The average Bonchev–Trinajstić information content (AvgIpc) is 3.25. The molecule has 0 saturated carbocycles. The van der Waals surface area contributed by atoms with Crippen LogP contribution in [0, 0.1) is 19.7 Å². The van der Waals surface area contributed by atoms with E-state index in [0.717, 1.165) is 11.1 Å². The minimum absolute atomic E-state index is 0.142. The number of rotatable bonds is 9. The van der Waals surface area contributed by atoms with Crippen LogP contribution in [0.3, 0.4) is 0 Å². The van der Waals surface area contributed by atoms with Crippen LogP contribution in [0.2, 0.25) is 0 Å². The summed E-state index contributed by atoms with van der Waals surface area (Å²) in [6, 6.07) is 17.6. The maximum atomic E-state index is 14.0. The zero-order valence-electron chi connectivity index (χ0n) is 20.4. The van der Waals surface area contributed by atoms with Crippen molar-refractivity contribution < 1.29 is 18.7 Å². The summed E-state index contributed by atoms with van der Waals surface area (Å²) in [5.41, 5.74) is 4.27. The number of para-hydroxylation sites is 1. The molecule has 0 unspecified atom stereocenters. The number of anilines is 1. The highest BCUT2D eigenvalue weighted by Gasteiger charge is 2.33. The van der Waals surface area contributed by atoms with Crippen molar-refractivity contribution in [3.8, 4) is 0 Å². The van der Waals surface area contributed by atoms with Crippen molar-refractivity contribution in [2.75, 3.05) is 25.2 Å². The molecule has 9 heteroatoms. The molecule has 0 saturated heterocycles. The number of aromatic nitrogens is 3. The zero-order chi connectivity index (χ0) is 25.7. The Morgan fingerprint density at radius 1 is 1.06 bits per heavy atom. The lowest BCUT2D eigenvalue weighted by atomic mass is 10.0. The molecule has 0 aliphatic heterocycles. The van der Waals surface area contributed by atoms with Crippen molar-refractivity contribution in [2.45, 2.75) is 26.4 Å². The Balaban J connectivity index is 1.80. The summed E-state index contributed by atoms with van der Waals surface area (Å²) in [5.74, 6) is -1.21. The van der Waals surface area contributed by atoms with Crippen LogP contribution in [-0.4, -0.2) is 47.1 Å². The molecular formula is C27H28FN5O3. The van der Waals surface area contributed by atoms with Gasteiger partial charge in [-0.3, -0.25) is 14.5 Å². The molecule has 0 spiro atoms. The van der Waals surface area contributed by atoms with Crippen molar-refractivity contribution in [3.63, 3.8) is 0 Å². The van der Waals surface area contributed by atoms with Crippen molar-refractivity contribution >= 4 is 28.5 Å². The molecule has 0 bridgehead atoms. The molecule has 1 atom stereocenters. The first-order chi connectivity index (χ1) is 17.4. The fourth-order valence-corrected chi connectivity index (χ4v) is 4.20. The van der Waals surface area contributed by atoms with E-state index in [0.29, 0.717) is 28.9 Å². The largest absolute Gasteiger partial charge is 0.383 e. The Kier molecular flexibility index (Phi) is 7.70. The lowest BCUT2D eigenvalue weighted by molar-refractivity contribution is -0.127. The summed E-state index contributed by atoms with van der Waals surface area (Å²) < 4.78 is 20.3. The number of methoxy groups -OCH3 is 1. The molecule has 0 aliphatic carbocycles. The molecule has 3 aromatic carbocycles. The van der Waals surface area contributed by atoms with Gasteiger partial charge in [0.25, 0.3) is 0 Å². The van der Waals surface area contributed by atoms with Gasteiger partial charge in [-0.25, -0.2) is 9.07 Å². The molecule has 186 valence electrons. The second-order valence-electron chi connectivity index (χ2n) is 8.58. The number of nitrogens with zero attached hydrogens (tertiary/aromatic N) is 4. The predicted molar refractivity (Wildman–Crippen MR) is 135 cm³/mol. The van der Waals surface area contributed by atoms with Gasteiger partial charge in [0.1, 0.15) is 23.9 Å². The highest BCUT2D eigenvalue weighted by molar-refractivity contribution is 6.01. The van der Waals surface area contributed by atoms with Crippen LogP contribution in [0.4, 0.5) is 10.1 Å². The summed E-state index contributed by atoms with van der Waals surface area (Å²) >= 11 is 0. The molecule has 8 nitrogen and oxygen atoms in total. The zero-order valence-corrected chi connectivity index (χ0v) is 20.4. The molecule has 36 heavy (non-hydrogen) atoms. The molecular weight excluding hydrogens is 461 g/mol. The number of carbonyl (C=O) groups is 2. The molecule has 0 aliphatic rings. The minimum Gasteiger partial charge on any atom is -0.383 e. The predicted octanol–water partition coefficient (Wildman–Crippen LogP) is 3.72. The lowest BCUT2D eigenvalue weighted by Gasteiger charge is -2.32. The van der Waals surface area contributed by atoms with Crippen molar-refractivity contribution in [1.82, 2.24) is 20.3 Å². The molecule has 2 amide bonds. The van der Waals surface area contributed by atoms with Crippen molar-refractivity contribution in [3.05, 3.63) is 89.2 Å². The van der Waals surface area contributed by atoms with Gasteiger partial charge in [0.05, 0.1) is 12.1 Å². The molecule has 1 N–H and O–H groups in total. The van der Waals surface area contributed by atoms with Gasteiger partial charge in [0, 0.05) is 19.3 Å². The number of halogens is 1. The van der Waals surface area contributed by atoms with Crippen LogP contribution in [0.15, 0.2) is 66.7 Å². The van der Waals surface area contributed by atoms with Crippen LogP contribution >= 0.6 is 0 Å². The molecule has 4 rings (SSSR count). The second-order valence-corrected chi connectivity index (χ2v) is 8.58. The van der Waals surface area contributed by atoms with Gasteiger partial charge in [-0.05, 0) is 66.9 Å². The number of fused-ring (bicyclic) bond motifs is 1. The number of carbonyl (C=O) groups excluding carboxylic acids is 2. The van der Waals surface area contributed by atoms with Crippen LogP contribution in [-0.2, 0) is 20.9 Å². The molecule has 1 aromatic heterocycles. The quantitative estimate of drug-likeness (QED) is 0.362. The van der Waals surface area contributed by atoms with Gasteiger partial charge in [0.2, 0.25) is 11.8 Å². The number of ether oxygens (including phenoxy) is 1. The summed E-state index contributed by atoms with van der Waals surface area (Å²) in [5, 5.41) is 11.1. The fraction of sp³-hybridized carbons (Fsp3) is 0.259. The monoisotopic (exact) mass is 489 g/mol. The normalized spacial score (nSPS) is 11.9. The Morgan fingerprint density at radius 2 is 1.75 bits per heavy atom. The van der Waals surface area contributed by atoms with E-state index in [1.807, 2.05) is 56.3 Å². The number of nitrogens with one attached hydrogen (secondary N) is 1. The Hall–Kier alpha value is -4.11. The molecule has 4 aromatic rings. The van der Waals surface area contributed by atoms with Gasteiger partial charge in [0.15, 0.2) is 0 Å². The van der Waals surface area contributed by atoms with E-state index in [1.165, 1.54) is 41.0 Å². The summed E-state index contributed by atoms with van der Waals surface area (Å²) in [4.78, 5) is 28.9. The second kappa shape index (κ2) is 11.1. The van der Waals surface area contributed by atoms with E-state index in [2.05, 4.69) is 15.6 Å². The highest BCUT2D eigenvalue weighted by atomic mass is 19.1. The summed E-state index contributed by atoms with van der Waals surface area (Å²) in [7, 11) is 1.54. The van der Waals surface area contributed by atoms with Crippen LogP contribution < -0.4 is 10.2 Å². The van der Waals surface area contributed by atoms with E-state index in [4.69, 9.17) is 4.74 Å². The van der Waals surface area contributed by atoms with Crippen LogP contribution in [0.1, 0.15) is 22.7 Å². The lowest BCUT2D eigenvalue weighted by Crippen LogP contribution is -2.46. The third-order valence-electron chi connectivity index (χ3n) is 5.76. The minimum atomic E-state index is -1.05. The maximum absolute atomic E-state index is 14.0. The topological polar surface area (TPSA) is 89.4 Å². The van der Waals surface area contributed by atoms with Crippen molar-refractivity contribution in [2.24, 2.45) is 0 Å². The number of aryl methyl sites for hydroxylation is 2. The van der Waals surface area contributed by atoms with E-state index in [1.54, 1.807) is 0 Å². The Bertz CT molecular complexity index is 1350. The average molecular weight is 490 g/mol. The number of benzene rings is 3. The molecule has 0 radical (unpaired) electrons. The van der Waals surface area contributed by atoms with Gasteiger partial charge < -0.3 is 10.1 Å². The van der Waals surface area contributed by atoms with Crippen LogP contribution in [0.25, 0.3) is 11.0 Å². The smallest absolute Gasteiger partial charge is 0.249 e. The Morgan fingerprint density at radius 3 is 2.44 bits per heavy atom. The number of hydrogen-bond donors (Lipinski definition) is 1. The first kappa shape index (κ1) is 25.0. The standard InChI is InChI=1S/C27H28FN5O3/c1-18-14-19(2)16-22(15-18)33(25(34)17-32-24-7-5-4-6-23(24)30-31-32)26(27(35)29-12-13-36-3)20-8-10-21(28)11-9-20/h4-11,14-16,26H,12-13,17H2,1-3H3,(H,29,35)/t26-/m1/s1. The van der Waals surface area contributed by atoms with Gasteiger partial charge >= 0.3 is 0 Å². The van der Waals surface area contributed by atoms with Gasteiger partial charge in [-0.15, -0.1) is 5.10 Å². The number of amides is 2. The van der Waals surface area contributed by atoms with Gasteiger partial charge in [-0.1, -0.05) is 35.5 Å². The van der Waals surface area contributed by atoms with E-state index in [9.17, 15) is 14.0 Å². The van der Waals surface area contributed by atoms with E-state index >= 15 is 0 Å². The highest BCUT2D eigenvalue weighted by Crippen LogP contribution is 2.30. The van der Waals surface area contributed by atoms with Crippen LogP contribution in [0.5, 0.6) is 0 Å². The molecule has 1 heterocycles. The third-order valence-corrected chi connectivity index (χ3v) is 5.76. The summed E-state index contributed by atoms with van der Waals surface area (Å²) in [6.45, 7) is 4.28. The third kappa shape index (κ3) is 5.58. The molecule has 0 fully saturated rings. The maximum Gasteiger partial charge on any atom is 0.249 e. The fourth-order valence-electron chi connectivity index (χ4n) is 4.20. The number of hydrogen-bond acceptors (Lipinski definition) is 5. The van der Waals surface area contributed by atoms with E-state index in [-0.39, 0.29) is 19.0 Å².